The van der Waals surface area contributed by atoms with Crippen LogP contribution >= 0.6 is 0 Å². The molecule has 1 heterocycles. The molecule has 1 saturated carbocycles. The van der Waals surface area contributed by atoms with Crippen molar-refractivity contribution in [3.05, 3.63) is 23.9 Å². The van der Waals surface area contributed by atoms with Crippen LogP contribution in [0, 0.1) is 6.92 Å². The van der Waals surface area contributed by atoms with E-state index in [1.165, 1.54) is 0 Å². The number of hydrogen-bond acceptors (Lipinski definition) is 4. The van der Waals surface area contributed by atoms with Gasteiger partial charge in [-0.1, -0.05) is 6.07 Å². The number of carbonyl (C=O) groups excluding carboxylic acids is 1. The number of aromatic nitrogens is 1. The molecule has 1 aliphatic carbocycles. The van der Waals surface area contributed by atoms with E-state index in [0.29, 0.717) is 5.88 Å². The summed E-state index contributed by atoms with van der Waals surface area (Å²) in [6.45, 7) is 7.61. The number of ether oxygens (including phenoxy) is 2. The minimum atomic E-state index is -0.457. The molecule has 1 N–H and O–H groups in total. The second-order valence-corrected chi connectivity index (χ2v) is 6.91. The van der Waals surface area contributed by atoms with E-state index in [2.05, 4.69) is 10.3 Å². The van der Waals surface area contributed by atoms with Gasteiger partial charge in [0.25, 0.3) is 0 Å². The maximum Gasteiger partial charge on any atom is 0.407 e. The maximum atomic E-state index is 11.8. The number of pyridine rings is 1. The summed E-state index contributed by atoms with van der Waals surface area (Å²) in [5.41, 5.74) is 0.666. The second kappa shape index (κ2) is 6.99. The van der Waals surface area contributed by atoms with Crippen LogP contribution in [0.15, 0.2) is 18.3 Å². The summed E-state index contributed by atoms with van der Waals surface area (Å²) < 4.78 is 11.2. The molecule has 0 radical (unpaired) electrons. The molecule has 5 heteroatoms. The van der Waals surface area contributed by atoms with Gasteiger partial charge in [-0.15, -0.1) is 0 Å². The van der Waals surface area contributed by atoms with E-state index in [-0.39, 0.29) is 18.2 Å². The second-order valence-electron chi connectivity index (χ2n) is 6.91. The lowest BCUT2D eigenvalue weighted by Gasteiger charge is -2.30. The first-order valence-corrected chi connectivity index (χ1v) is 7.91. The lowest BCUT2D eigenvalue weighted by Crippen LogP contribution is -2.42. The van der Waals surface area contributed by atoms with Crippen molar-refractivity contribution in [1.82, 2.24) is 10.3 Å². The van der Waals surface area contributed by atoms with Crippen LogP contribution in [0.4, 0.5) is 4.79 Å². The van der Waals surface area contributed by atoms with Gasteiger partial charge in [-0.05, 0) is 58.9 Å². The van der Waals surface area contributed by atoms with Crippen LogP contribution in [0.25, 0.3) is 0 Å². The fourth-order valence-corrected chi connectivity index (χ4v) is 2.49. The highest BCUT2D eigenvalue weighted by Crippen LogP contribution is 2.23. The van der Waals surface area contributed by atoms with Gasteiger partial charge < -0.3 is 14.8 Å². The molecule has 0 bridgehead atoms. The average molecular weight is 306 g/mol. The van der Waals surface area contributed by atoms with Gasteiger partial charge in [-0.25, -0.2) is 9.78 Å². The molecule has 0 spiro atoms. The first kappa shape index (κ1) is 16.6. The predicted molar refractivity (Wildman–Crippen MR) is 85.0 cm³/mol. The molecule has 122 valence electrons. The number of carbonyl (C=O) groups is 1. The summed E-state index contributed by atoms with van der Waals surface area (Å²) in [5, 5.41) is 2.93. The molecule has 5 nitrogen and oxygen atoms in total. The fraction of sp³-hybridized carbons (Fsp3) is 0.647. The maximum absolute atomic E-state index is 11.8. The molecule has 0 unspecified atom stereocenters. The standard InChI is InChI=1S/C17H26N2O3/c1-12-5-10-15(18-11-12)21-14-8-6-13(7-9-14)19-16(20)22-17(2,3)4/h5,10-11,13-14H,6-9H2,1-4H3,(H,19,20). The molecule has 1 aromatic rings. The molecule has 0 aliphatic heterocycles. The van der Waals surface area contributed by atoms with Crippen LogP contribution < -0.4 is 10.1 Å². The predicted octanol–water partition coefficient (Wildman–Crippen LogP) is 3.60. The molecular formula is C17H26N2O3. The van der Waals surface area contributed by atoms with Crippen LogP contribution in [0.1, 0.15) is 52.0 Å². The van der Waals surface area contributed by atoms with Crippen molar-refractivity contribution in [3.8, 4) is 5.88 Å². The summed E-state index contributed by atoms with van der Waals surface area (Å²) in [6.07, 6.45) is 5.27. The number of alkyl carbamates (subject to hydrolysis) is 1. The Labute approximate surface area is 132 Å². The smallest absolute Gasteiger partial charge is 0.407 e. The van der Waals surface area contributed by atoms with Gasteiger partial charge in [0.05, 0.1) is 0 Å². The number of nitrogens with one attached hydrogen (secondary N) is 1. The first-order chi connectivity index (χ1) is 10.3. The van der Waals surface area contributed by atoms with Crippen LogP contribution in [0.2, 0.25) is 0 Å². The zero-order valence-corrected chi connectivity index (χ0v) is 13.9. The summed E-state index contributed by atoms with van der Waals surface area (Å²) in [6, 6.07) is 4.07. The number of aryl methyl sites for hydroxylation is 1. The van der Waals surface area contributed by atoms with Crippen molar-refractivity contribution < 1.29 is 14.3 Å². The highest BCUT2D eigenvalue weighted by molar-refractivity contribution is 5.68. The van der Waals surface area contributed by atoms with Gasteiger partial charge in [0.2, 0.25) is 5.88 Å². The Morgan fingerprint density at radius 2 is 1.91 bits per heavy atom. The molecule has 0 aromatic carbocycles. The Hall–Kier alpha value is -1.78. The third kappa shape index (κ3) is 5.54. The molecule has 22 heavy (non-hydrogen) atoms. The van der Waals surface area contributed by atoms with Crippen molar-refractivity contribution in [3.63, 3.8) is 0 Å². The van der Waals surface area contributed by atoms with E-state index >= 15 is 0 Å². The molecule has 1 aliphatic rings. The fourth-order valence-electron chi connectivity index (χ4n) is 2.49. The number of hydrogen-bond donors (Lipinski definition) is 1. The summed E-state index contributed by atoms with van der Waals surface area (Å²) >= 11 is 0. The van der Waals surface area contributed by atoms with Crippen LogP contribution in [-0.4, -0.2) is 28.8 Å². The van der Waals surface area contributed by atoms with Crippen molar-refractivity contribution in [2.24, 2.45) is 0 Å². The highest BCUT2D eigenvalue weighted by atomic mass is 16.6. The molecule has 0 saturated heterocycles. The number of nitrogens with zero attached hydrogens (tertiary/aromatic N) is 1. The largest absolute Gasteiger partial charge is 0.474 e. The molecule has 1 amide bonds. The first-order valence-electron chi connectivity index (χ1n) is 7.91. The van der Waals surface area contributed by atoms with Crippen molar-refractivity contribution in [1.29, 1.82) is 0 Å². The molecular weight excluding hydrogens is 280 g/mol. The number of rotatable bonds is 3. The Balaban J connectivity index is 1.73. The van der Waals surface area contributed by atoms with E-state index in [9.17, 15) is 4.79 Å². The molecule has 1 fully saturated rings. The summed E-state index contributed by atoms with van der Waals surface area (Å²) in [7, 11) is 0. The van der Waals surface area contributed by atoms with Gasteiger partial charge in [-0.3, -0.25) is 0 Å². The lowest BCUT2D eigenvalue weighted by atomic mass is 9.93. The molecule has 0 atom stereocenters. The van der Waals surface area contributed by atoms with E-state index in [1.807, 2.05) is 46.0 Å². The summed E-state index contributed by atoms with van der Waals surface area (Å²) in [4.78, 5) is 16.0. The van der Waals surface area contributed by atoms with Gasteiger partial charge in [-0.2, -0.15) is 0 Å². The van der Waals surface area contributed by atoms with Gasteiger partial charge >= 0.3 is 6.09 Å². The van der Waals surface area contributed by atoms with E-state index in [1.54, 1.807) is 0 Å². The van der Waals surface area contributed by atoms with Crippen molar-refractivity contribution in [2.45, 2.75) is 71.1 Å². The Kier molecular flexibility index (Phi) is 5.27. The quantitative estimate of drug-likeness (QED) is 0.927. The number of amides is 1. The van der Waals surface area contributed by atoms with Crippen LogP contribution in [0.3, 0.4) is 0 Å². The van der Waals surface area contributed by atoms with Crippen LogP contribution in [-0.2, 0) is 4.74 Å². The van der Waals surface area contributed by atoms with Gasteiger partial charge in [0.15, 0.2) is 0 Å². The minimum absolute atomic E-state index is 0.167. The Morgan fingerprint density at radius 3 is 2.45 bits per heavy atom. The lowest BCUT2D eigenvalue weighted by molar-refractivity contribution is 0.0469. The Morgan fingerprint density at radius 1 is 1.23 bits per heavy atom. The van der Waals surface area contributed by atoms with E-state index < -0.39 is 5.60 Å². The molecule has 1 aromatic heterocycles. The van der Waals surface area contributed by atoms with Gasteiger partial charge in [0.1, 0.15) is 11.7 Å². The SMILES string of the molecule is Cc1ccc(OC2CCC(NC(=O)OC(C)(C)C)CC2)nc1. The zero-order chi connectivity index (χ0) is 16.2. The third-order valence-corrected chi connectivity index (χ3v) is 3.57. The van der Waals surface area contributed by atoms with E-state index in [4.69, 9.17) is 9.47 Å². The average Bonchev–Trinajstić information content (AvgIpc) is 2.41. The highest BCUT2D eigenvalue weighted by Gasteiger charge is 2.25. The monoisotopic (exact) mass is 306 g/mol. The van der Waals surface area contributed by atoms with Gasteiger partial charge in [0, 0.05) is 18.3 Å². The topological polar surface area (TPSA) is 60.5 Å². The summed E-state index contributed by atoms with van der Waals surface area (Å²) in [5.74, 6) is 0.675. The third-order valence-electron chi connectivity index (χ3n) is 3.57. The Bertz CT molecular complexity index is 486. The molecule has 2 rings (SSSR count). The van der Waals surface area contributed by atoms with E-state index in [0.717, 1.165) is 31.2 Å². The van der Waals surface area contributed by atoms with Crippen molar-refractivity contribution in [2.75, 3.05) is 0 Å². The van der Waals surface area contributed by atoms with Crippen LogP contribution in [0.5, 0.6) is 5.88 Å². The minimum Gasteiger partial charge on any atom is -0.474 e. The zero-order valence-electron chi connectivity index (χ0n) is 13.9. The van der Waals surface area contributed by atoms with Crippen molar-refractivity contribution >= 4 is 6.09 Å². The normalized spacial score (nSPS) is 22.0.